The summed E-state index contributed by atoms with van der Waals surface area (Å²) in [6.45, 7) is 8.97. The molecule has 2 aliphatic rings. The van der Waals surface area contributed by atoms with Gasteiger partial charge in [0.15, 0.2) is 0 Å². The molecule has 1 aromatic rings. The Balaban J connectivity index is 1.83. The first-order valence-corrected chi connectivity index (χ1v) is 12.8. The maximum atomic E-state index is 12.6. The highest BCUT2D eigenvalue weighted by atomic mass is 16.5. The molecule has 0 aliphatic heterocycles. The van der Waals surface area contributed by atoms with Gasteiger partial charge in [-0.15, -0.1) is 0 Å². The van der Waals surface area contributed by atoms with E-state index in [1.807, 2.05) is 24.7 Å². The number of carbonyl (C=O) groups is 2. The van der Waals surface area contributed by atoms with Gasteiger partial charge in [-0.3, -0.25) is 0 Å². The topological polar surface area (TPSA) is 70.4 Å². The second kappa shape index (κ2) is 12.7. The Labute approximate surface area is 209 Å². The quantitative estimate of drug-likeness (QED) is 0.291. The third-order valence-electron chi connectivity index (χ3n) is 7.19. The fourth-order valence-corrected chi connectivity index (χ4v) is 5.39. The van der Waals surface area contributed by atoms with Crippen molar-refractivity contribution in [1.82, 2.24) is 9.55 Å². The van der Waals surface area contributed by atoms with Crippen LogP contribution in [0.5, 0.6) is 0 Å². The lowest BCUT2D eigenvalue weighted by molar-refractivity contribution is -0.144. The molecule has 2 aliphatic carbocycles. The Morgan fingerprint density at radius 3 is 2.71 bits per heavy atom. The van der Waals surface area contributed by atoms with Crippen LogP contribution in [0.15, 0.2) is 54.1 Å². The summed E-state index contributed by atoms with van der Waals surface area (Å²) in [6, 6.07) is 0. The largest absolute Gasteiger partial charge is 0.463 e. The molecule has 0 saturated carbocycles. The minimum atomic E-state index is -0.344. The van der Waals surface area contributed by atoms with Crippen molar-refractivity contribution in [1.29, 1.82) is 0 Å². The van der Waals surface area contributed by atoms with Crippen molar-refractivity contribution in [2.45, 2.75) is 65.9 Å². The standard InChI is InChI=1S/C29H40N2O4/c1-6-34-29(33)16-22-9-7-8-10-24(35-28(32)14-12-23-18-31(5)19-30-23)17-26-21(4)11-13-25(20(2)3)27(26)15-22/h7-8,11-12,14,16,18-20,24-27H,6,9-10,13,15,17H2,1-5H3/t24-,25-,26+,27-/m1/s1. The first-order chi connectivity index (χ1) is 16.8. The highest BCUT2D eigenvalue weighted by Gasteiger charge is 2.37. The molecule has 4 atom stereocenters. The van der Waals surface area contributed by atoms with Crippen molar-refractivity contribution >= 4 is 18.0 Å². The Bertz CT molecular complexity index is 998. The third kappa shape index (κ3) is 7.81. The number of ether oxygens (including phenoxy) is 2. The van der Waals surface area contributed by atoms with E-state index in [9.17, 15) is 9.59 Å². The lowest BCUT2D eigenvalue weighted by atomic mass is 9.64. The van der Waals surface area contributed by atoms with E-state index in [2.05, 4.69) is 44.0 Å². The number of nitrogens with zero attached hydrogens (tertiary/aromatic N) is 2. The van der Waals surface area contributed by atoms with E-state index in [0.717, 1.165) is 30.5 Å². The first kappa shape index (κ1) is 26.7. The van der Waals surface area contributed by atoms with Gasteiger partial charge in [0.05, 0.1) is 18.6 Å². The van der Waals surface area contributed by atoms with E-state index in [1.165, 1.54) is 11.6 Å². The van der Waals surface area contributed by atoms with Crippen LogP contribution in [0, 0.1) is 23.7 Å². The van der Waals surface area contributed by atoms with Crippen LogP contribution in [0.1, 0.15) is 65.5 Å². The highest BCUT2D eigenvalue weighted by molar-refractivity contribution is 5.86. The molecule has 0 fully saturated rings. The van der Waals surface area contributed by atoms with Gasteiger partial charge in [0.2, 0.25) is 0 Å². The predicted molar refractivity (Wildman–Crippen MR) is 138 cm³/mol. The number of hydrogen-bond acceptors (Lipinski definition) is 5. The van der Waals surface area contributed by atoms with E-state index < -0.39 is 0 Å². The van der Waals surface area contributed by atoms with Crippen molar-refractivity contribution in [3.8, 4) is 0 Å². The lowest BCUT2D eigenvalue weighted by Crippen LogP contribution is -2.35. The summed E-state index contributed by atoms with van der Waals surface area (Å²) in [6.07, 6.45) is 18.7. The molecule has 1 aromatic heterocycles. The molecule has 0 saturated heterocycles. The number of rotatable bonds is 6. The second-order valence-corrected chi connectivity index (χ2v) is 10.1. The summed E-state index contributed by atoms with van der Waals surface area (Å²) in [5.41, 5.74) is 3.20. The Morgan fingerprint density at radius 1 is 1.23 bits per heavy atom. The zero-order valence-corrected chi connectivity index (χ0v) is 21.8. The van der Waals surface area contributed by atoms with Gasteiger partial charge in [-0.2, -0.15) is 0 Å². The van der Waals surface area contributed by atoms with Crippen LogP contribution < -0.4 is 0 Å². The zero-order chi connectivity index (χ0) is 25.4. The predicted octanol–water partition coefficient (Wildman–Crippen LogP) is 5.82. The van der Waals surface area contributed by atoms with Gasteiger partial charge in [-0.1, -0.05) is 43.2 Å². The van der Waals surface area contributed by atoms with E-state index in [4.69, 9.17) is 9.47 Å². The van der Waals surface area contributed by atoms with Crippen LogP contribution in [0.4, 0.5) is 0 Å². The molecule has 190 valence electrons. The molecule has 0 aromatic carbocycles. The molecule has 6 nitrogen and oxygen atoms in total. The molecule has 6 heteroatoms. The monoisotopic (exact) mass is 480 g/mol. The number of esters is 2. The molecule has 0 amide bonds. The molecular formula is C29H40N2O4. The second-order valence-electron chi connectivity index (χ2n) is 10.1. The van der Waals surface area contributed by atoms with E-state index in [-0.39, 0.29) is 18.0 Å². The molecule has 0 bridgehead atoms. The van der Waals surface area contributed by atoms with Crippen molar-refractivity contribution in [2.75, 3.05) is 6.61 Å². The maximum absolute atomic E-state index is 12.6. The van der Waals surface area contributed by atoms with Crippen LogP contribution in [0.25, 0.3) is 6.08 Å². The van der Waals surface area contributed by atoms with Crippen LogP contribution in [0.3, 0.4) is 0 Å². The maximum Gasteiger partial charge on any atom is 0.331 e. The number of aryl methyl sites for hydroxylation is 1. The summed E-state index contributed by atoms with van der Waals surface area (Å²) in [5.74, 6) is 1.11. The Morgan fingerprint density at radius 2 is 2.03 bits per heavy atom. The number of hydrogen-bond donors (Lipinski definition) is 0. The van der Waals surface area contributed by atoms with Gasteiger partial charge in [0.25, 0.3) is 0 Å². The molecule has 1 heterocycles. The molecule has 0 N–H and O–H groups in total. The SMILES string of the molecule is CCOC(=O)C=C1CC=CC[C@@H](OC(=O)C=Cc2cn(C)cn2)C[C@H]2C(C)=CC[C@H](C(C)C)[C@H]2C1. The van der Waals surface area contributed by atoms with Crippen molar-refractivity contribution < 1.29 is 19.1 Å². The number of carbonyl (C=O) groups excluding carboxylic acids is 2. The smallest absolute Gasteiger partial charge is 0.331 e. The first-order valence-electron chi connectivity index (χ1n) is 12.8. The lowest BCUT2D eigenvalue weighted by Gasteiger charge is -2.42. The summed E-state index contributed by atoms with van der Waals surface area (Å²) >= 11 is 0. The summed E-state index contributed by atoms with van der Waals surface area (Å²) in [4.78, 5) is 29.1. The molecule has 35 heavy (non-hydrogen) atoms. The van der Waals surface area contributed by atoms with E-state index >= 15 is 0 Å². The zero-order valence-electron chi connectivity index (χ0n) is 21.8. The molecule has 3 rings (SSSR count). The summed E-state index contributed by atoms with van der Waals surface area (Å²) < 4.78 is 13.0. The summed E-state index contributed by atoms with van der Waals surface area (Å²) in [7, 11) is 1.89. The van der Waals surface area contributed by atoms with Gasteiger partial charge in [0, 0.05) is 31.8 Å². The van der Waals surface area contributed by atoms with Crippen molar-refractivity contribution in [3.05, 3.63) is 59.7 Å². The normalized spacial score (nSPS) is 26.5. The van der Waals surface area contributed by atoms with Gasteiger partial charge in [-0.25, -0.2) is 14.6 Å². The fourth-order valence-electron chi connectivity index (χ4n) is 5.39. The molecule has 0 radical (unpaired) electrons. The molecule has 0 spiro atoms. The summed E-state index contributed by atoms with van der Waals surface area (Å²) in [5, 5.41) is 0. The van der Waals surface area contributed by atoms with Crippen LogP contribution >= 0.6 is 0 Å². The van der Waals surface area contributed by atoms with Crippen LogP contribution in [0.2, 0.25) is 0 Å². The van der Waals surface area contributed by atoms with Crippen molar-refractivity contribution in [3.63, 3.8) is 0 Å². The Kier molecular flexibility index (Phi) is 9.70. The average molecular weight is 481 g/mol. The average Bonchev–Trinajstić information content (AvgIpc) is 3.22. The minimum Gasteiger partial charge on any atom is -0.463 e. The molecular weight excluding hydrogens is 440 g/mol. The van der Waals surface area contributed by atoms with E-state index in [0.29, 0.717) is 43.1 Å². The van der Waals surface area contributed by atoms with Gasteiger partial charge >= 0.3 is 11.9 Å². The van der Waals surface area contributed by atoms with Crippen LogP contribution in [-0.2, 0) is 26.1 Å². The number of fused-ring (bicyclic) bond motifs is 1. The highest BCUT2D eigenvalue weighted by Crippen LogP contribution is 2.45. The van der Waals surface area contributed by atoms with Crippen LogP contribution in [-0.4, -0.2) is 34.2 Å². The van der Waals surface area contributed by atoms with E-state index in [1.54, 1.807) is 18.5 Å². The Hall–Kier alpha value is -2.89. The molecule has 0 unspecified atom stereocenters. The minimum absolute atomic E-state index is 0.204. The van der Waals surface area contributed by atoms with Crippen molar-refractivity contribution in [2.24, 2.45) is 30.7 Å². The van der Waals surface area contributed by atoms with Gasteiger partial charge < -0.3 is 14.0 Å². The number of aromatic nitrogens is 2. The number of imidazole rings is 1. The van der Waals surface area contributed by atoms with Gasteiger partial charge in [-0.05, 0) is 69.3 Å². The van der Waals surface area contributed by atoms with Gasteiger partial charge in [0.1, 0.15) is 6.10 Å². The number of allylic oxidation sites excluding steroid dienone is 4. The third-order valence-corrected chi connectivity index (χ3v) is 7.19. The fraction of sp³-hybridized carbons (Fsp3) is 0.552.